The summed E-state index contributed by atoms with van der Waals surface area (Å²) in [5.41, 5.74) is 9.27. The molecule has 0 saturated carbocycles. The van der Waals surface area contributed by atoms with Gasteiger partial charge in [-0.05, 0) is 48.7 Å². The molecule has 0 aromatic heterocycles. The van der Waals surface area contributed by atoms with E-state index in [2.05, 4.69) is 24.3 Å². The number of benzene rings is 2. The molecule has 0 aliphatic carbocycles. The molecule has 2 nitrogen and oxygen atoms in total. The van der Waals surface area contributed by atoms with Crippen molar-refractivity contribution in [3.05, 3.63) is 54.1 Å². The van der Waals surface area contributed by atoms with Crippen molar-refractivity contribution in [2.75, 3.05) is 13.2 Å². The first-order valence-electron chi connectivity index (χ1n) is 6.36. The smallest absolute Gasteiger partial charge is 0.122 e. The topological polar surface area (TPSA) is 35.2 Å². The van der Waals surface area contributed by atoms with E-state index >= 15 is 0 Å². The Kier molecular flexibility index (Phi) is 4.37. The van der Waals surface area contributed by atoms with Crippen LogP contribution in [0.2, 0.25) is 0 Å². The van der Waals surface area contributed by atoms with Crippen molar-refractivity contribution in [2.45, 2.75) is 13.3 Å². The highest BCUT2D eigenvalue weighted by atomic mass is 16.5. The fraction of sp³-hybridized carbons (Fsp3) is 0.250. The molecule has 0 heterocycles. The third kappa shape index (κ3) is 2.90. The van der Waals surface area contributed by atoms with Gasteiger partial charge < -0.3 is 10.5 Å². The third-order valence-electron chi connectivity index (χ3n) is 2.88. The summed E-state index contributed by atoms with van der Waals surface area (Å²) >= 11 is 0. The summed E-state index contributed by atoms with van der Waals surface area (Å²) in [5, 5.41) is 0. The zero-order valence-corrected chi connectivity index (χ0v) is 10.7. The minimum Gasteiger partial charge on any atom is -0.494 e. The number of hydrogen-bond acceptors (Lipinski definition) is 2. The van der Waals surface area contributed by atoms with Crippen LogP contribution in [0.1, 0.15) is 12.5 Å². The van der Waals surface area contributed by atoms with Crippen molar-refractivity contribution >= 4 is 0 Å². The van der Waals surface area contributed by atoms with Gasteiger partial charge in [0.15, 0.2) is 0 Å². The quantitative estimate of drug-likeness (QED) is 0.872. The molecule has 2 aromatic rings. The van der Waals surface area contributed by atoms with Gasteiger partial charge in [0.1, 0.15) is 5.75 Å². The first-order valence-corrected chi connectivity index (χ1v) is 6.36. The predicted octanol–water partition coefficient (Wildman–Crippen LogP) is 3.25. The molecule has 0 aliphatic heterocycles. The van der Waals surface area contributed by atoms with E-state index in [0.29, 0.717) is 13.2 Å². The molecule has 18 heavy (non-hydrogen) atoms. The van der Waals surface area contributed by atoms with Crippen LogP contribution in [0, 0.1) is 0 Å². The summed E-state index contributed by atoms with van der Waals surface area (Å²) in [4.78, 5) is 0. The molecule has 94 valence electrons. The van der Waals surface area contributed by atoms with E-state index in [4.69, 9.17) is 10.5 Å². The Hall–Kier alpha value is -1.80. The maximum atomic E-state index is 5.66. The average Bonchev–Trinajstić information content (AvgIpc) is 2.42. The second-order valence-corrected chi connectivity index (χ2v) is 4.16. The first-order chi connectivity index (χ1) is 8.85. The van der Waals surface area contributed by atoms with Crippen molar-refractivity contribution in [3.63, 3.8) is 0 Å². The van der Waals surface area contributed by atoms with E-state index in [1.807, 2.05) is 31.2 Å². The summed E-state index contributed by atoms with van der Waals surface area (Å²) < 4.78 is 5.62. The van der Waals surface area contributed by atoms with Gasteiger partial charge in [-0.15, -0.1) is 0 Å². The molecule has 2 rings (SSSR count). The molecule has 0 unspecified atom stereocenters. The number of rotatable bonds is 5. The van der Waals surface area contributed by atoms with Crippen molar-refractivity contribution in [1.82, 2.24) is 0 Å². The van der Waals surface area contributed by atoms with Crippen LogP contribution in [0.5, 0.6) is 5.75 Å². The standard InChI is InChI=1S/C16H19NO/c1-2-18-16-9-8-14(12-15(16)10-11-17)13-6-4-3-5-7-13/h3-9,12H,2,10-11,17H2,1H3. The molecule has 2 aromatic carbocycles. The highest BCUT2D eigenvalue weighted by molar-refractivity contribution is 5.65. The van der Waals surface area contributed by atoms with Crippen LogP contribution in [-0.2, 0) is 6.42 Å². The molecule has 0 aliphatic rings. The Morgan fingerprint density at radius 3 is 2.44 bits per heavy atom. The molecule has 0 saturated heterocycles. The molecule has 0 spiro atoms. The maximum absolute atomic E-state index is 5.66. The lowest BCUT2D eigenvalue weighted by molar-refractivity contribution is 0.336. The van der Waals surface area contributed by atoms with Gasteiger partial charge in [-0.3, -0.25) is 0 Å². The van der Waals surface area contributed by atoms with Crippen LogP contribution in [0.25, 0.3) is 11.1 Å². The largest absolute Gasteiger partial charge is 0.494 e. The van der Waals surface area contributed by atoms with E-state index in [0.717, 1.165) is 12.2 Å². The molecule has 0 amide bonds. The van der Waals surface area contributed by atoms with E-state index in [9.17, 15) is 0 Å². The van der Waals surface area contributed by atoms with Gasteiger partial charge in [-0.25, -0.2) is 0 Å². The minimum absolute atomic E-state index is 0.637. The van der Waals surface area contributed by atoms with Crippen molar-refractivity contribution in [3.8, 4) is 16.9 Å². The molecular formula is C16H19NO. The SMILES string of the molecule is CCOc1ccc(-c2ccccc2)cc1CCN. The summed E-state index contributed by atoms with van der Waals surface area (Å²) in [6.07, 6.45) is 0.843. The second-order valence-electron chi connectivity index (χ2n) is 4.16. The lowest BCUT2D eigenvalue weighted by Gasteiger charge is -2.11. The molecule has 2 heteroatoms. The Balaban J connectivity index is 2.36. The number of ether oxygens (including phenoxy) is 1. The van der Waals surface area contributed by atoms with Crippen LogP contribution < -0.4 is 10.5 Å². The lowest BCUT2D eigenvalue weighted by atomic mass is 10.0. The third-order valence-corrected chi connectivity index (χ3v) is 2.88. The lowest BCUT2D eigenvalue weighted by Crippen LogP contribution is -2.05. The van der Waals surface area contributed by atoms with Gasteiger partial charge in [-0.1, -0.05) is 36.4 Å². The van der Waals surface area contributed by atoms with E-state index in [1.165, 1.54) is 16.7 Å². The summed E-state index contributed by atoms with van der Waals surface area (Å²) in [6, 6.07) is 16.7. The monoisotopic (exact) mass is 241 g/mol. The number of nitrogens with two attached hydrogens (primary N) is 1. The normalized spacial score (nSPS) is 10.3. The Morgan fingerprint density at radius 1 is 1.00 bits per heavy atom. The fourth-order valence-electron chi connectivity index (χ4n) is 2.04. The van der Waals surface area contributed by atoms with Crippen molar-refractivity contribution in [2.24, 2.45) is 5.73 Å². The molecular weight excluding hydrogens is 222 g/mol. The van der Waals surface area contributed by atoms with Crippen LogP contribution >= 0.6 is 0 Å². The van der Waals surface area contributed by atoms with Crippen molar-refractivity contribution in [1.29, 1.82) is 0 Å². The van der Waals surface area contributed by atoms with Gasteiger partial charge in [0.2, 0.25) is 0 Å². The minimum atomic E-state index is 0.637. The van der Waals surface area contributed by atoms with Gasteiger partial charge in [0.25, 0.3) is 0 Å². The zero-order valence-electron chi connectivity index (χ0n) is 10.7. The highest BCUT2D eigenvalue weighted by Gasteiger charge is 2.05. The fourth-order valence-corrected chi connectivity index (χ4v) is 2.04. The Morgan fingerprint density at radius 2 is 1.78 bits per heavy atom. The first kappa shape index (κ1) is 12.7. The van der Waals surface area contributed by atoms with Crippen LogP contribution in [0.3, 0.4) is 0 Å². The van der Waals surface area contributed by atoms with Gasteiger partial charge in [-0.2, -0.15) is 0 Å². The number of hydrogen-bond donors (Lipinski definition) is 1. The predicted molar refractivity (Wildman–Crippen MR) is 75.8 cm³/mol. The molecule has 0 atom stereocenters. The highest BCUT2D eigenvalue weighted by Crippen LogP contribution is 2.27. The van der Waals surface area contributed by atoms with Gasteiger partial charge in [0, 0.05) is 0 Å². The molecule has 2 N–H and O–H groups in total. The zero-order chi connectivity index (χ0) is 12.8. The van der Waals surface area contributed by atoms with E-state index in [1.54, 1.807) is 0 Å². The second kappa shape index (κ2) is 6.22. The van der Waals surface area contributed by atoms with Crippen LogP contribution in [0.15, 0.2) is 48.5 Å². The summed E-state index contributed by atoms with van der Waals surface area (Å²) in [7, 11) is 0. The Bertz CT molecular complexity index is 494. The Labute approximate surface area is 108 Å². The van der Waals surface area contributed by atoms with E-state index in [-0.39, 0.29) is 0 Å². The van der Waals surface area contributed by atoms with Crippen molar-refractivity contribution < 1.29 is 4.74 Å². The molecule has 0 radical (unpaired) electrons. The molecule has 0 fully saturated rings. The summed E-state index contributed by atoms with van der Waals surface area (Å²) in [5.74, 6) is 0.947. The maximum Gasteiger partial charge on any atom is 0.122 e. The molecule has 0 bridgehead atoms. The van der Waals surface area contributed by atoms with Crippen LogP contribution in [0.4, 0.5) is 0 Å². The van der Waals surface area contributed by atoms with E-state index < -0.39 is 0 Å². The average molecular weight is 241 g/mol. The van der Waals surface area contributed by atoms with Gasteiger partial charge >= 0.3 is 0 Å². The van der Waals surface area contributed by atoms with Gasteiger partial charge in [0.05, 0.1) is 6.61 Å². The van der Waals surface area contributed by atoms with Crippen LogP contribution in [-0.4, -0.2) is 13.2 Å². The summed E-state index contributed by atoms with van der Waals surface area (Å²) in [6.45, 7) is 3.32.